The molecule has 0 saturated carbocycles. The number of nitrogens with one attached hydrogen (secondary N) is 1. The SMILES string of the molecule is CC(C)(C)OC(=O)N1CCC(C(C)(C)Cc2cc(Cl)cc3cn[nH]c23)CC1. The lowest BCUT2D eigenvalue weighted by Gasteiger charge is -2.41. The number of fused-ring (bicyclic) bond motifs is 1. The van der Waals surface area contributed by atoms with Gasteiger partial charge in [0.05, 0.1) is 11.7 Å². The number of benzene rings is 1. The Hall–Kier alpha value is -1.75. The van der Waals surface area contributed by atoms with Crippen molar-refractivity contribution in [2.75, 3.05) is 13.1 Å². The van der Waals surface area contributed by atoms with E-state index < -0.39 is 5.60 Å². The van der Waals surface area contributed by atoms with Gasteiger partial charge in [-0.05, 0) is 69.1 Å². The van der Waals surface area contributed by atoms with Crippen LogP contribution >= 0.6 is 11.6 Å². The fourth-order valence-electron chi connectivity index (χ4n) is 4.04. The van der Waals surface area contributed by atoms with Crippen LogP contribution in [-0.4, -0.2) is 39.9 Å². The van der Waals surface area contributed by atoms with E-state index >= 15 is 0 Å². The number of rotatable bonds is 3. The van der Waals surface area contributed by atoms with Crippen LogP contribution in [0.15, 0.2) is 18.3 Å². The summed E-state index contributed by atoms with van der Waals surface area (Å²) in [6, 6.07) is 3.98. The molecule has 1 amide bonds. The van der Waals surface area contributed by atoms with E-state index in [1.54, 1.807) is 0 Å². The van der Waals surface area contributed by atoms with Gasteiger partial charge in [0, 0.05) is 23.5 Å². The fourth-order valence-corrected chi connectivity index (χ4v) is 4.28. The summed E-state index contributed by atoms with van der Waals surface area (Å²) in [7, 11) is 0. The Bertz CT molecular complexity index is 814. The number of piperidine rings is 1. The normalized spacial score (nSPS) is 16.7. The molecule has 2 aromatic rings. The molecule has 2 heterocycles. The second-order valence-electron chi connectivity index (χ2n) is 9.31. The highest BCUT2D eigenvalue weighted by molar-refractivity contribution is 6.31. The minimum Gasteiger partial charge on any atom is -0.444 e. The Morgan fingerprint density at radius 1 is 1.26 bits per heavy atom. The Morgan fingerprint density at radius 2 is 1.93 bits per heavy atom. The number of likely N-dealkylation sites (tertiary alicyclic amines) is 1. The van der Waals surface area contributed by atoms with Crippen LogP contribution in [0.2, 0.25) is 5.02 Å². The summed E-state index contributed by atoms with van der Waals surface area (Å²) in [4.78, 5) is 14.1. The van der Waals surface area contributed by atoms with Crippen LogP contribution < -0.4 is 0 Å². The van der Waals surface area contributed by atoms with E-state index in [9.17, 15) is 4.79 Å². The molecule has 148 valence electrons. The van der Waals surface area contributed by atoms with E-state index in [0.29, 0.717) is 5.92 Å². The zero-order chi connectivity index (χ0) is 19.8. The van der Waals surface area contributed by atoms with Crippen molar-refractivity contribution in [3.8, 4) is 0 Å². The number of carbonyl (C=O) groups excluding carboxylic acids is 1. The molecule has 1 aliphatic rings. The first-order valence-corrected chi connectivity index (χ1v) is 10.0. The largest absolute Gasteiger partial charge is 0.444 e. The molecule has 0 bridgehead atoms. The first-order chi connectivity index (χ1) is 12.5. The Morgan fingerprint density at radius 3 is 2.56 bits per heavy atom. The number of hydrogen-bond donors (Lipinski definition) is 1. The predicted octanol–water partition coefficient (Wildman–Crippen LogP) is 5.43. The van der Waals surface area contributed by atoms with Crippen molar-refractivity contribution in [2.45, 2.75) is 59.5 Å². The van der Waals surface area contributed by atoms with Gasteiger partial charge in [-0.1, -0.05) is 25.4 Å². The summed E-state index contributed by atoms with van der Waals surface area (Å²) in [6.45, 7) is 11.8. The third kappa shape index (κ3) is 4.75. The van der Waals surface area contributed by atoms with Crippen molar-refractivity contribution < 1.29 is 9.53 Å². The Balaban J connectivity index is 1.66. The molecule has 0 aliphatic carbocycles. The maximum absolute atomic E-state index is 12.3. The second kappa shape index (κ2) is 7.34. The minimum atomic E-state index is -0.449. The maximum Gasteiger partial charge on any atom is 0.410 e. The predicted molar refractivity (Wildman–Crippen MR) is 109 cm³/mol. The lowest BCUT2D eigenvalue weighted by Crippen LogP contribution is -2.44. The molecular weight excluding hydrogens is 362 g/mol. The number of amides is 1. The van der Waals surface area contributed by atoms with Gasteiger partial charge in [0.15, 0.2) is 0 Å². The first-order valence-electron chi connectivity index (χ1n) is 9.64. The summed E-state index contributed by atoms with van der Waals surface area (Å²) in [5.74, 6) is 0.535. The molecule has 0 atom stereocenters. The van der Waals surface area contributed by atoms with Crippen LogP contribution in [0, 0.1) is 11.3 Å². The van der Waals surface area contributed by atoms with Crippen molar-refractivity contribution in [3.05, 3.63) is 28.9 Å². The molecule has 3 rings (SSSR count). The van der Waals surface area contributed by atoms with Crippen LogP contribution in [-0.2, 0) is 11.2 Å². The molecule has 6 heteroatoms. The topological polar surface area (TPSA) is 58.2 Å². The highest BCUT2D eigenvalue weighted by Gasteiger charge is 2.35. The van der Waals surface area contributed by atoms with Crippen LogP contribution in [0.25, 0.3) is 10.9 Å². The van der Waals surface area contributed by atoms with Gasteiger partial charge in [-0.3, -0.25) is 5.10 Å². The second-order valence-corrected chi connectivity index (χ2v) is 9.74. The highest BCUT2D eigenvalue weighted by Crippen LogP contribution is 2.39. The van der Waals surface area contributed by atoms with Crippen molar-refractivity contribution in [1.82, 2.24) is 15.1 Å². The van der Waals surface area contributed by atoms with E-state index in [1.165, 1.54) is 5.56 Å². The van der Waals surface area contributed by atoms with Gasteiger partial charge >= 0.3 is 6.09 Å². The summed E-state index contributed by atoms with van der Waals surface area (Å²) in [5, 5.41) is 9.06. The van der Waals surface area contributed by atoms with E-state index in [1.807, 2.05) is 44.0 Å². The average molecular weight is 392 g/mol. The summed E-state index contributed by atoms with van der Waals surface area (Å²) >= 11 is 6.30. The quantitative estimate of drug-likeness (QED) is 0.758. The molecule has 27 heavy (non-hydrogen) atoms. The zero-order valence-electron chi connectivity index (χ0n) is 16.9. The smallest absolute Gasteiger partial charge is 0.410 e. The van der Waals surface area contributed by atoms with Gasteiger partial charge < -0.3 is 9.64 Å². The molecule has 0 unspecified atom stereocenters. The number of aromatic nitrogens is 2. The van der Waals surface area contributed by atoms with Crippen molar-refractivity contribution in [1.29, 1.82) is 0 Å². The zero-order valence-corrected chi connectivity index (χ0v) is 17.7. The van der Waals surface area contributed by atoms with Gasteiger partial charge in [-0.2, -0.15) is 5.10 Å². The summed E-state index contributed by atoms with van der Waals surface area (Å²) in [5.41, 5.74) is 1.92. The summed E-state index contributed by atoms with van der Waals surface area (Å²) in [6.07, 6.45) is 4.51. The van der Waals surface area contributed by atoms with Crippen molar-refractivity contribution in [2.24, 2.45) is 11.3 Å². The van der Waals surface area contributed by atoms with Crippen molar-refractivity contribution in [3.63, 3.8) is 0 Å². The fraction of sp³-hybridized carbons (Fsp3) is 0.619. The number of carbonyl (C=O) groups is 1. The van der Waals surface area contributed by atoms with Crippen molar-refractivity contribution >= 4 is 28.6 Å². The lowest BCUT2D eigenvalue weighted by atomic mass is 9.70. The molecule has 1 fully saturated rings. The molecular formula is C21H30ClN3O2. The van der Waals surface area contributed by atoms with Gasteiger partial charge in [0.1, 0.15) is 5.60 Å². The molecule has 1 aromatic heterocycles. The van der Waals surface area contributed by atoms with Gasteiger partial charge in [0.25, 0.3) is 0 Å². The summed E-state index contributed by atoms with van der Waals surface area (Å²) < 4.78 is 5.51. The lowest BCUT2D eigenvalue weighted by molar-refractivity contribution is 0.0117. The first kappa shape index (κ1) is 20.0. The van der Waals surface area contributed by atoms with Gasteiger partial charge in [0.2, 0.25) is 0 Å². The average Bonchev–Trinajstić information content (AvgIpc) is 3.01. The Labute approximate surface area is 166 Å². The standard InChI is InChI=1S/C21H30ClN3O2/c1-20(2,3)27-19(26)25-8-6-16(7-9-25)21(4,5)12-14-10-17(22)11-15-13-23-24-18(14)15/h10-11,13,16H,6-9,12H2,1-5H3,(H,23,24). The number of hydrogen-bond acceptors (Lipinski definition) is 3. The van der Waals surface area contributed by atoms with Crippen LogP contribution in [0.5, 0.6) is 0 Å². The van der Waals surface area contributed by atoms with E-state index in [-0.39, 0.29) is 11.5 Å². The van der Waals surface area contributed by atoms with E-state index in [0.717, 1.165) is 48.3 Å². The van der Waals surface area contributed by atoms with E-state index in [2.05, 4.69) is 24.0 Å². The van der Waals surface area contributed by atoms with Gasteiger partial charge in [-0.25, -0.2) is 4.79 Å². The molecule has 1 aromatic carbocycles. The monoisotopic (exact) mass is 391 g/mol. The number of aromatic amines is 1. The molecule has 5 nitrogen and oxygen atoms in total. The molecule has 1 aliphatic heterocycles. The number of H-pyrrole nitrogens is 1. The minimum absolute atomic E-state index is 0.0999. The molecule has 1 N–H and O–H groups in total. The third-order valence-corrected chi connectivity index (χ3v) is 5.71. The highest BCUT2D eigenvalue weighted by atomic mass is 35.5. The Kier molecular flexibility index (Phi) is 5.44. The van der Waals surface area contributed by atoms with Crippen LogP contribution in [0.1, 0.15) is 53.0 Å². The molecule has 0 radical (unpaired) electrons. The number of ether oxygens (including phenoxy) is 1. The number of nitrogens with zero attached hydrogens (tertiary/aromatic N) is 2. The maximum atomic E-state index is 12.3. The van der Waals surface area contributed by atoms with E-state index in [4.69, 9.17) is 16.3 Å². The molecule has 0 spiro atoms. The van der Waals surface area contributed by atoms with Crippen LogP contribution in [0.3, 0.4) is 0 Å². The third-order valence-electron chi connectivity index (χ3n) is 5.49. The van der Waals surface area contributed by atoms with Gasteiger partial charge in [-0.15, -0.1) is 0 Å². The van der Waals surface area contributed by atoms with Crippen LogP contribution in [0.4, 0.5) is 4.79 Å². The number of halogens is 1. The molecule has 1 saturated heterocycles.